The molecule has 0 unspecified atom stereocenters. The lowest BCUT2D eigenvalue weighted by Crippen LogP contribution is -2.41. The maximum absolute atomic E-state index is 12.1. The van der Waals surface area contributed by atoms with Crippen LogP contribution in [0.1, 0.15) is 57.1 Å². The summed E-state index contributed by atoms with van der Waals surface area (Å²) in [5, 5.41) is 10.7. The van der Waals surface area contributed by atoms with E-state index in [0.717, 1.165) is 50.2 Å². The number of nitrogens with one attached hydrogen (secondary N) is 1. The molecule has 0 aromatic heterocycles. The van der Waals surface area contributed by atoms with Crippen molar-refractivity contribution in [3.63, 3.8) is 0 Å². The van der Waals surface area contributed by atoms with E-state index in [1.54, 1.807) is 6.07 Å². The SMILES string of the molecule is COc1cc2c(cc1OS(=O)(=O)NC(C)=O)CCC1=C2CC[C@]2(C)[C@@H](O)C[C@@H]3C[C@@]132. The Kier molecular flexibility index (Phi) is 4.13. The molecule has 7 nitrogen and oxygen atoms in total. The number of carbonyl (C=O) groups is 1. The van der Waals surface area contributed by atoms with E-state index in [1.807, 2.05) is 10.8 Å². The Morgan fingerprint density at radius 3 is 2.70 bits per heavy atom. The molecular weight excluding hydrogens is 406 g/mol. The van der Waals surface area contributed by atoms with Crippen LogP contribution in [0.4, 0.5) is 0 Å². The van der Waals surface area contributed by atoms with E-state index in [9.17, 15) is 18.3 Å². The molecule has 0 aliphatic heterocycles. The van der Waals surface area contributed by atoms with Crippen LogP contribution < -0.4 is 13.6 Å². The van der Waals surface area contributed by atoms with Gasteiger partial charge in [0.15, 0.2) is 11.5 Å². The zero-order valence-electron chi connectivity index (χ0n) is 17.4. The largest absolute Gasteiger partial charge is 0.493 e. The number of amides is 1. The first kappa shape index (κ1) is 19.9. The van der Waals surface area contributed by atoms with E-state index in [1.165, 1.54) is 24.7 Å². The molecule has 4 aliphatic rings. The first-order chi connectivity index (χ1) is 14.1. The fourth-order valence-electron chi connectivity index (χ4n) is 6.61. The molecular formula is C22H27NO6S. The van der Waals surface area contributed by atoms with Gasteiger partial charge in [0, 0.05) is 17.8 Å². The van der Waals surface area contributed by atoms with Crippen LogP contribution in [0.15, 0.2) is 17.7 Å². The average molecular weight is 434 g/mol. The summed E-state index contributed by atoms with van der Waals surface area (Å²) < 4.78 is 36.5. The molecule has 1 aromatic rings. The molecule has 4 atom stereocenters. The Bertz CT molecular complexity index is 1090. The van der Waals surface area contributed by atoms with Crippen LogP contribution in [0.25, 0.3) is 5.57 Å². The second-order valence-electron chi connectivity index (χ2n) is 9.35. The zero-order valence-corrected chi connectivity index (χ0v) is 18.3. The van der Waals surface area contributed by atoms with Gasteiger partial charge in [0.25, 0.3) is 0 Å². The van der Waals surface area contributed by atoms with Crippen molar-refractivity contribution >= 4 is 21.8 Å². The summed E-state index contributed by atoms with van der Waals surface area (Å²) in [7, 11) is -2.79. The molecule has 0 bridgehead atoms. The maximum atomic E-state index is 12.1. The van der Waals surface area contributed by atoms with Gasteiger partial charge >= 0.3 is 10.3 Å². The highest BCUT2D eigenvalue weighted by atomic mass is 32.2. The van der Waals surface area contributed by atoms with Gasteiger partial charge in [-0.3, -0.25) is 4.79 Å². The predicted molar refractivity (Wildman–Crippen MR) is 110 cm³/mol. The van der Waals surface area contributed by atoms with E-state index in [2.05, 4.69) is 6.92 Å². The van der Waals surface area contributed by atoms with Crippen molar-refractivity contribution in [1.29, 1.82) is 0 Å². The molecule has 0 radical (unpaired) electrons. The number of rotatable bonds is 4. The van der Waals surface area contributed by atoms with Crippen molar-refractivity contribution in [1.82, 2.24) is 4.72 Å². The smallest absolute Gasteiger partial charge is 0.409 e. The normalized spacial score (nSPS) is 33.7. The molecule has 1 spiro atoms. The molecule has 0 saturated heterocycles. The number of hydrogen-bond acceptors (Lipinski definition) is 6. The van der Waals surface area contributed by atoms with Gasteiger partial charge in [0.1, 0.15) is 0 Å². The Balaban J connectivity index is 1.56. The van der Waals surface area contributed by atoms with E-state index < -0.39 is 16.2 Å². The quantitative estimate of drug-likeness (QED) is 0.757. The number of fused-ring (bicyclic) bond motifs is 2. The number of hydrogen-bond donors (Lipinski definition) is 2. The summed E-state index contributed by atoms with van der Waals surface area (Å²) >= 11 is 0. The molecule has 5 rings (SSSR count). The molecule has 2 fully saturated rings. The maximum Gasteiger partial charge on any atom is 0.409 e. The van der Waals surface area contributed by atoms with Crippen LogP contribution in [0.5, 0.6) is 11.5 Å². The summed E-state index contributed by atoms with van der Waals surface area (Å²) in [6.45, 7) is 3.37. The number of aryl methyl sites for hydroxylation is 1. The van der Waals surface area contributed by atoms with Gasteiger partial charge in [-0.05, 0) is 73.3 Å². The molecule has 4 aliphatic carbocycles. The summed E-state index contributed by atoms with van der Waals surface area (Å²) in [6, 6.07) is 3.58. The van der Waals surface area contributed by atoms with Crippen LogP contribution in [-0.2, 0) is 21.5 Å². The summed E-state index contributed by atoms with van der Waals surface area (Å²) in [5.74, 6) is 0.259. The minimum Gasteiger partial charge on any atom is -0.493 e. The van der Waals surface area contributed by atoms with Crippen LogP contribution in [0, 0.1) is 16.7 Å². The first-order valence-corrected chi connectivity index (χ1v) is 11.9. The highest BCUT2D eigenvalue weighted by Crippen LogP contribution is 2.80. The van der Waals surface area contributed by atoms with Gasteiger partial charge in [-0.2, -0.15) is 8.42 Å². The van der Waals surface area contributed by atoms with Gasteiger partial charge in [-0.15, -0.1) is 0 Å². The second kappa shape index (κ2) is 6.23. The molecule has 162 valence electrons. The van der Waals surface area contributed by atoms with Crippen LogP contribution in [0.2, 0.25) is 0 Å². The number of aliphatic hydroxyl groups is 1. The molecule has 2 N–H and O–H groups in total. The number of ether oxygens (including phenoxy) is 1. The van der Waals surface area contributed by atoms with Gasteiger partial charge in [0.2, 0.25) is 5.91 Å². The van der Waals surface area contributed by atoms with Gasteiger partial charge in [-0.1, -0.05) is 12.5 Å². The first-order valence-electron chi connectivity index (χ1n) is 10.5. The highest BCUT2D eigenvalue weighted by Gasteiger charge is 2.74. The standard InChI is InChI=1S/C22H27NO6S/c1-12(24)23-30(26,27)29-19-8-13-4-5-17-15(16(13)10-18(19)28-3)6-7-21(2)20(25)9-14-11-22(14,17)21/h8,10,14,20,25H,4-7,9,11H2,1-3H3,(H,23,24)/t14-,20+,21-,22+/m1/s1. The van der Waals surface area contributed by atoms with Crippen molar-refractivity contribution in [2.75, 3.05) is 7.11 Å². The topological polar surface area (TPSA) is 102 Å². The Hall–Kier alpha value is -2.06. The third-order valence-electron chi connectivity index (χ3n) is 7.99. The van der Waals surface area contributed by atoms with Crippen molar-refractivity contribution in [2.24, 2.45) is 16.7 Å². The van der Waals surface area contributed by atoms with Gasteiger partial charge in [-0.25, -0.2) is 4.72 Å². The molecule has 1 aromatic carbocycles. The Morgan fingerprint density at radius 1 is 1.23 bits per heavy atom. The third-order valence-corrected chi connectivity index (χ3v) is 8.93. The number of methoxy groups -OCH3 is 1. The van der Waals surface area contributed by atoms with Gasteiger partial charge < -0.3 is 14.0 Å². The monoisotopic (exact) mass is 433 g/mol. The number of benzene rings is 1. The average Bonchev–Trinajstić information content (AvgIpc) is 3.31. The number of carbonyl (C=O) groups excluding carboxylic acids is 1. The van der Waals surface area contributed by atoms with Gasteiger partial charge in [0.05, 0.1) is 13.2 Å². The fourth-order valence-corrected chi connectivity index (χ4v) is 7.37. The predicted octanol–water partition coefficient (Wildman–Crippen LogP) is 2.73. The van der Waals surface area contributed by atoms with Crippen LogP contribution >= 0.6 is 0 Å². The minimum atomic E-state index is -4.26. The van der Waals surface area contributed by atoms with E-state index >= 15 is 0 Å². The lowest BCUT2D eigenvalue weighted by atomic mass is 9.59. The summed E-state index contributed by atoms with van der Waals surface area (Å²) in [5.41, 5.74) is 5.05. The molecule has 1 amide bonds. The van der Waals surface area contributed by atoms with Crippen molar-refractivity contribution in [3.05, 3.63) is 28.8 Å². The lowest BCUT2D eigenvalue weighted by Gasteiger charge is -2.46. The Morgan fingerprint density at radius 2 is 2.00 bits per heavy atom. The van der Waals surface area contributed by atoms with E-state index in [-0.39, 0.29) is 22.7 Å². The second-order valence-corrected chi connectivity index (χ2v) is 10.6. The van der Waals surface area contributed by atoms with Crippen molar-refractivity contribution in [2.45, 2.75) is 58.5 Å². The molecule has 30 heavy (non-hydrogen) atoms. The Labute approximate surface area is 176 Å². The van der Waals surface area contributed by atoms with E-state index in [4.69, 9.17) is 8.92 Å². The van der Waals surface area contributed by atoms with Crippen LogP contribution in [-0.4, -0.2) is 32.6 Å². The third kappa shape index (κ3) is 2.59. The number of aliphatic hydroxyl groups excluding tert-OH is 1. The summed E-state index contributed by atoms with van der Waals surface area (Å²) in [4.78, 5) is 11.1. The minimum absolute atomic E-state index is 0.0341. The molecule has 8 heteroatoms. The number of allylic oxidation sites excluding steroid dienone is 2. The lowest BCUT2D eigenvalue weighted by molar-refractivity contribution is -0.117. The summed E-state index contributed by atoms with van der Waals surface area (Å²) in [6.07, 6.45) is 5.41. The molecule has 2 saturated carbocycles. The zero-order chi connectivity index (χ0) is 21.5. The fraction of sp³-hybridized carbons (Fsp3) is 0.591. The molecule has 0 heterocycles. The van der Waals surface area contributed by atoms with Crippen molar-refractivity contribution in [3.8, 4) is 11.5 Å². The highest BCUT2D eigenvalue weighted by molar-refractivity contribution is 7.85. The van der Waals surface area contributed by atoms with Crippen molar-refractivity contribution < 1.29 is 27.2 Å². The van der Waals surface area contributed by atoms with E-state index in [0.29, 0.717) is 11.7 Å². The van der Waals surface area contributed by atoms with Crippen LogP contribution in [0.3, 0.4) is 0 Å².